The summed E-state index contributed by atoms with van der Waals surface area (Å²) in [6.45, 7) is 2.90. The van der Waals surface area contributed by atoms with Crippen LogP contribution in [0.15, 0.2) is 12.1 Å². The maximum Gasteiger partial charge on any atom is 0.0931 e. The van der Waals surface area contributed by atoms with E-state index in [2.05, 4.69) is 11.4 Å². The molecule has 2 fully saturated rings. The summed E-state index contributed by atoms with van der Waals surface area (Å²) in [6, 6.07) is 4.85. The average Bonchev–Trinajstić information content (AvgIpc) is 2.82. The van der Waals surface area contributed by atoms with Crippen LogP contribution in [0.4, 0.5) is 0 Å². The quantitative estimate of drug-likeness (QED) is 0.899. The molecule has 0 aromatic carbocycles. The van der Waals surface area contributed by atoms with Crippen molar-refractivity contribution < 1.29 is 4.74 Å². The lowest BCUT2D eigenvalue weighted by Gasteiger charge is -2.42. The Morgan fingerprint density at radius 1 is 1.50 bits per heavy atom. The van der Waals surface area contributed by atoms with E-state index in [1.807, 2.05) is 6.07 Å². The summed E-state index contributed by atoms with van der Waals surface area (Å²) in [5, 5.41) is 3.57. The van der Waals surface area contributed by atoms with Crippen molar-refractivity contribution in [2.45, 2.75) is 30.7 Å². The summed E-state index contributed by atoms with van der Waals surface area (Å²) < 4.78 is 6.34. The molecule has 0 amide bonds. The molecule has 3 heterocycles. The van der Waals surface area contributed by atoms with Gasteiger partial charge in [-0.25, -0.2) is 0 Å². The molecule has 0 spiro atoms. The highest BCUT2D eigenvalue weighted by atomic mass is 35.5. The second-order valence-electron chi connectivity index (χ2n) is 4.87. The van der Waals surface area contributed by atoms with Crippen LogP contribution in [0.3, 0.4) is 0 Å². The Morgan fingerprint density at radius 3 is 2.88 bits per heavy atom. The first kappa shape index (κ1) is 11.0. The predicted molar refractivity (Wildman–Crippen MR) is 67.5 cm³/mol. The van der Waals surface area contributed by atoms with Crippen LogP contribution in [0.25, 0.3) is 0 Å². The highest BCUT2D eigenvalue weighted by Gasteiger charge is 2.43. The van der Waals surface area contributed by atoms with Crippen molar-refractivity contribution in [3.05, 3.63) is 21.3 Å². The normalized spacial score (nSPS) is 27.9. The molecule has 88 valence electrons. The van der Waals surface area contributed by atoms with Crippen LogP contribution in [0.1, 0.15) is 24.1 Å². The molecule has 2 nitrogen and oxygen atoms in total. The van der Waals surface area contributed by atoms with Gasteiger partial charge >= 0.3 is 0 Å². The molecule has 0 saturated carbocycles. The molecule has 0 aliphatic carbocycles. The SMILES string of the molecule is Clc1ccc(C2(CC3CCCN3)COC2)s1. The highest BCUT2D eigenvalue weighted by Crippen LogP contribution is 2.42. The minimum absolute atomic E-state index is 0.250. The van der Waals surface area contributed by atoms with Gasteiger partial charge in [0.05, 0.1) is 23.0 Å². The van der Waals surface area contributed by atoms with Crippen molar-refractivity contribution in [1.29, 1.82) is 0 Å². The van der Waals surface area contributed by atoms with Gasteiger partial charge in [0, 0.05) is 10.9 Å². The molecule has 1 unspecified atom stereocenters. The number of thiophene rings is 1. The molecule has 1 N–H and O–H groups in total. The van der Waals surface area contributed by atoms with E-state index in [0.717, 1.165) is 17.6 Å². The van der Waals surface area contributed by atoms with Crippen LogP contribution in [0, 0.1) is 0 Å². The number of rotatable bonds is 3. The Balaban J connectivity index is 1.77. The lowest BCUT2D eigenvalue weighted by Crippen LogP contribution is -2.49. The van der Waals surface area contributed by atoms with Gasteiger partial charge < -0.3 is 10.1 Å². The van der Waals surface area contributed by atoms with Crippen molar-refractivity contribution in [2.75, 3.05) is 19.8 Å². The molecule has 2 aliphatic rings. The zero-order chi connectivity index (χ0) is 11.0. The van der Waals surface area contributed by atoms with Crippen LogP contribution >= 0.6 is 22.9 Å². The number of hydrogen-bond donors (Lipinski definition) is 1. The molecule has 0 radical (unpaired) electrons. The van der Waals surface area contributed by atoms with E-state index in [4.69, 9.17) is 16.3 Å². The van der Waals surface area contributed by atoms with Gasteiger partial charge in [-0.3, -0.25) is 0 Å². The lowest BCUT2D eigenvalue weighted by molar-refractivity contribution is -0.0660. The van der Waals surface area contributed by atoms with Crippen molar-refractivity contribution in [1.82, 2.24) is 5.32 Å². The Hall–Kier alpha value is -0.0900. The van der Waals surface area contributed by atoms with Gasteiger partial charge in [-0.2, -0.15) is 0 Å². The van der Waals surface area contributed by atoms with E-state index in [1.165, 1.54) is 30.7 Å². The third-order valence-electron chi connectivity index (χ3n) is 3.65. The van der Waals surface area contributed by atoms with Gasteiger partial charge in [0.15, 0.2) is 0 Å². The Kier molecular flexibility index (Phi) is 2.96. The predicted octanol–water partition coefficient (Wildman–Crippen LogP) is 2.81. The highest BCUT2D eigenvalue weighted by molar-refractivity contribution is 7.16. The molecular formula is C12H16ClNOS. The molecule has 0 bridgehead atoms. The fraction of sp³-hybridized carbons (Fsp3) is 0.667. The van der Waals surface area contributed by atoms with E-state index < -0.39 is 0 Å². The van der Waals surface area contributed by atoms with Gasteiger partial charge in [0.1, 0.15) is 0 Å². The van der Waals surface area contributed by atoms with Crippen molar-refractivity contribution in [2.24, 2.45) is 0 Å². The second kappa shape index (κ2) is 4.30. The zero-order valence-corrected chi connectivity index (χ0v) is 10.7. The average molecular weight is 258 g/mol. The van der Waals surface area contributed by atoms with Crippen LogP contribution < -0.4 is 5.32 Å². The van der Waals surface area contributed by atoms with Crippen LogP contribution in [0.5, 0.6) is 0 Å². The second-order valence-corrected chi connectivity index (χ2v) is 6.59. The molecule has 16 heavy (non-hydrogen) atoms. The van der Waals surface area contributed by atoms with Gasteiger partial charge in [0.2, 0.25) is 0 Å². The Labute approximate surface area is 105 Å². The van der Waals surface area contributed by atoms with Crippen LogP contribution in [0.2, 0.25) is 4.34 Å². The van der Waals surface area contributed by atoms with Crippen molar-refractivity contribution in [3.63, 3.8) is 0 Å². The topological polar surface area (TPSA) is 21.3 Å². The van der Waals surface area contributed by atoms with Crippen LogP contribution in [-0.4, -0.2) is 25.8 Å². The minimum Gasteiger partial charge on any atom is -0.379 e. The van der Waals surface area contributed by atoms with Crippen LogP contribution in [-0.2, 0) is 10.2 Å². The molecule has 3 rings (SSSR count). The fourth-order valence-corrected chi connectivity index (χ4v) is 3.92. The van der Waals surface area contributed by atoms with Gasteiger partial charge in [-0.1, -0.05) is 11.6 Å². The monoisotopic (exact) mass is 257 g/mol. The van der Waals surface area contributed by atoms with E-state index in [0.29, 0.717) is 6.04 Å². The summed E-state index contributed by atoms with van der Waals surface area (Å²) >= 11 is 7.74. The number of halogens is 1. The summed E-state index contributed by atoms with van der Waals surface area (Å²) in [4.78, 5) is 1.40. The molecule has 2 saturated heterocycles. The van der Waals surface area contributed by atoms with E-state index in [-0.39, 0.29) is 5.41 Å². The van der Waals surface area contributed by atoms with E-state index >= 15 is 0 Å². The van der Waals surface area contributed by atoms with Gasteiger partial charge in [0.25, 0.3) is 0 Å². The van der Waals surface area contributed by atoms with E-state index in [9.17, 15) is 0 Å². The fourth-order valence-electron chi connectivity index (χ4n) is 2.71. The number of hydrogen-bond acceptors (Lipinski definition) is 3. The molecule has 1 atom stereocenters. The Morgan fingerprint density at radius 2 is 2.38 bits per heavy atom. The van der Waals surface area contributed by atoms with Gasteiger partial charge in [-0.05, 0) is 37.9 Å². The number of ether oxygens (including phenoxy) is 1. The maximum atomic E-state index is 6.03. The number of nitrogens with one attached hydrogen (secondary N) is 1. The largest absolute Gasteiger partial charge is 0.379 e. The summed E-state index contributed by atoms with van der Waals surface area (Å²) in [5.74, 6) is 0. The first-order chi connectivity index (χ1) is 7.78. The molecule has 2 aliphatic heterocycles. The maximum absolute atomic E-state index is 6.03. The summed E-state index contributed by atoms with van der Waals surface area (Å²) in [7, 11) is 0. The summed E-state index contributed by atoms with van der Waals surface area (Å²) in [5.41, 5.74) is 0.250. The zero-order valence-electron chi connectivity index (χ0n) is 9.17. The van der Waals surface area contributed by atoms with Gasteiger partial charge in [-0.15, -0.1) is 11.3 Å². The first-order valence-electron chi connectivity index (χ1n) is 5.85. The Bertz CT molecular complexity index is 369. The van der Waals surface area contributed by atoms with E-state index in [1.54, 1.807) is 11.3 Å². The molecular weight excluding hydrogens is 242 g/mol. The molecule has 4 heteroatoms. The minimum atomic E-state index is 0.250. The third-order valence-corrected chi connectivity index (χ3v) is 5.13. The standard InChI is InChI=1S/C12H16ClNOS/c13-11-4-3-10(16-11)12(7-15-8-12)6-9-2-1-5-14-9/h3-4,9,14H,1-2,5-8H2. The van der Waals surface area contributed by atoms with Crippen molar-refractivity contribution in [3.8, 4) is 0 Å². The molecule has 1 aromatic rings. The molecule has 1 aromatic heterocycles. The van der Waals surface area contributed by atoms with Crippen molar-refractivity contribution >= 4 is 22.9 Å². The first-order valence-corrected chi connectivity index (χ1v) is 7.05. The summed E-state index contributed by atoms with van der Waals surface area (Å²) in [6.07, 6.45) is 3.82. The lowest BCUT2D eigenvalue weighted by atomic mass is 9.78. The third kappa shape index (κ3) is 1.90. The smallest absolute Gasteiger partial charge is 0.0931 e.